The van der Waals surface area contributed by atoms with Gasteiger partial charge in [0, 0.05) is 19.0 Å². The van der Waals surface area contributed by atoms with Crippen LogP contribution in [0.5, 0.6) is 0 Å². The number of carbonyl (C=O) groups excluding carboxylic acids is 1. The second kappa shape index (κ2) is 10.5. The van der Waals surface area contributed by atoms with E-state index in [1.807, 2.05) is 6.92 Å². The van der Waals surface area contributed by atoms with Crippen LogP contribution in [0.1, 0.15) is 13.3 Å². The van der Waals surface area contributed by atoms with E-state index < -0.39 is 11.9 Å². The molecule has 0 rings (SSSR count). The Labute approximate surface area is 110 Å². The minimum Gasteiger partial charge on any atom is -0.477 e. The summed E-state index contributed by atoms with van der Waals surface area (Å²) in [6, 6.07) is 1.72. The van der Waals surface area contributed by atoms with Crippen molar-refractivity contribution < 1.29 is 9.53 Å². The summed E-state index contributed by atoms with van der Waals surface area (Å²) in [5.74, 6) is -1.42. The van der Waals surface area contributed by atoms with Gasteiger partial charge in [-0.25, -0.2) is 5.43 Å². The quantitative estimate of drug-likeness (QED) is 0.240. The van der Waals surface area contributed by atoms with Gasteiger partial charge >= 0.3 is 5.91 Å². The van der Waals surface area contributed by atoms with Gasteiger partial charge in [0.25, 0.3) is 5.29 Å². The molecule has 1 unspecified atom stereocenters. The lowest BCUT2D eigenvalue weighted by Crippen LogP contribution is -2.24. The zero-order valence-electron chi connectivity index (χ0n) is 9.21. The lowest BCUT2D eigenvalue weighted by molar-refractivity contribution is -0.114. The van der Waals surface area contributed by atoms with Crippen LogP contribution in [0.4, 0.5) is 0 Å². The number of hydrogen-bond acceptors (Lipinski definition) is 7. The van der Waals surface area contributed by atoms with E-state index in [4.69, 9.17) is 22.2 Å². The number of hydrogen-bond donors (Lipinski definition) is 1. The van der Waals surface area contributed by atoms with Gasteiger partial charge in [-0.1, -0.05) is 0 Å². The van der Waals surface area contributed by atoms with E-state index in [1.165, 1.54) is 11.4 Å². The van der Waals surface area contributed by atoms with Crippen molar-refractivity contribution in [2.45, 2.75) is 13.3 Å². The largest absolute Gasteiger partial charge is 0.477 e. The molecule has 0 heterocycles. The Morgan fingerprint density at radius 2 is 2.41 bits per heavy atom. The van der Waals surface area contributed by atoms with Gasteiger partial charge in [-0.15, -0.1) is 4.91 Å². The summed E-state index contributed by atoms with van der Waals surface area (Å²) in [5, 5.41) is 10.9. The smallest absolute Gasteiger partial charge is 0.326 e. The maximum absolute atomic E-state index is 11.2. The zero-order chi connectivity index (χ0) is 13.1. The first-order valence-electron chi connectivity index (χ1n) is 4.75. The van der Waals surface area contributed by atoms with E-state index in [1.54, 1.807) is 11.5 Å². The van der Waals surface area contributed by atoms with Crippen LogP contribution in [0.3, 0.4) is 0 Å². The van der Waals surface area contributed by atoms with Gasteiger partial charge in [0.05, 0.1) is 22.6 Å². The van der Waals surface area contributed by atoms with Crippen LogP contribution < -0.4 is 5.43 Å². The molecule has 9 heteroatoms. The molecule has 1 amide bonds. The molecule has 0 aliphatic heterocycles. The number of nitriles is 1. The molecule has 0 bridgehead atoms. The minimum absolute atomic E-state index is 0.115. The fourth-order valence-corrected chi connectivity index (χ4v) is 4.31. The third-order valence-electron chi connectivity index (χ3n) is 1.50. The van der Waals surface area contributed by atoms with Crippen molar-refractivity contribution in [1.82, 2.24) is 5.43 Å². The molecular weight excluding hydrogens is 281 g/mol. The highest BCUT2D eigenvalue weighted by Crippen LogP contribution is 2.38. The first-order chi connectivity index (χ1) is 8.17. The average Bonchev–Trinajstić information content (AvgIpc) is 2.30. The predicted molar refractivity (Wildman–Crippen MR) is 72.4 cm³/mol. The topological polar surface area (TPSA) is 91.5 Å². The number of nitroso groups, excluding NO2 is 1. The molecule has 0 radical (unpaired) electrons. The van der Waals surface area contributed by atoms with Crippen LogP contribution in [0, 0.1) is 16.2 Å². The molecule has 94 valence electrons. The third kappa shape index (κ3) is 7.34. The number of nitrogens with zero attached hydrogens (tertiary/aromatic N) is 2. The fraction of sp³-hybridized carbons (Fsp3) is 0.625. The van der Waals surface area contributed by atoms with Crippen molar-refractivity contribution >= 4 is 40.8 Å². The molecule has 1 atom stereocenters. The number of nitrogens with one attached hydrogen (secondary N) is 1. The van der Waals surface area contributed by atoms with E-state index in [2.05, 4.69) is 5.29 Å². The fourth-order valence-electron chi connectivity index (χ4n) is 0.786. The lowest BCUT2D eigenvalue weighted by Gasteiger charge is -2.01. The minimum atomic E-state index is -1.33. The second-order valence-electron chi connectivity index (χ2n) is 2.63. The highest BCUT2D eigenvalue weighted by Gasteiger charge is 2.19. The van der Waals surface area contributed by atoms with E-state index in [-0.39, 0.29) is 5.29 Å². The number of amides is 1. The van der Waals surface area contributed by atoms with Crippen LogP contribution in [-0.4, -0.2) is 30.2 Å². The SMILES string of the molecule is CCOCCCS[P+]([S-])=C(C#N)C(=O)NN=O. The second-order valence-corrected chi connectivity index (χ2v) is 7.92. The van der Waals surface area contributed by atoms with Gasteiger partial charge in [-0.05, 0) is 13.3 Å². The van der Waals surface area contributed by atoms with Gasteiger partial charge in [0.15, 0.2) is 6.07 Å². The van der Waals surface area contributed by atoms with Crippen LogP contribution in [-0.2, 0) is 21.8 Å². The average molecular weight is 293 g/mol. The van der Waals surface area contributed by atoms with Crippen molar-refractivity contribution in [3.63, 3.8) is 0 Å². The Morgan fingerprint density at radius 3 is 2.94 bits per heavy atom. The van der Waals surface area contributed by atoms with Gasteiger partial charge < -0.3 is 17.0 Å². The van der Waals surface area contributed by atoms with E-state index in [9.17, 15) is 9.70 Å². The van der Waals surface area contributed by atoms with Crippen molar-refractivity contribution in [2.24, 2.45) is 5.29 Å². The van der Waals surface area contributed by atoms with Crippen LogP contribution in [0.2, 0.25) is 0 Å². The summed E-state index contributed by atoms with van der Waals surface area (Å²) in [6.45, 7) is 3.20. The van der Waals surface area contributed by atoms with Crippen molar-refractivity contribution in [3.05, 3.63) is 4.91 Å². The molecule has 0 saturated heterocycles. The maximum atomic E-state index is 11.2. The molecule has 6 nitrogen and oxygen atoms in total. The summed E-state index contributed by atoms with van der Waals surface area (Å²) in [4.78, 5) is 21.0. The molecule has 0 aromatic heterocycles. The first kappa shape index (κ1) is 16.4. The maximum Gasteiger partial charge on any atom is 0.326 e. The Balaban J connectivity index is 4.21. The Bertz CT molecular complexity index is 343. The Kier molecular flexibility index (Phi) is 10.2. The molecule has 0 aromatic rings. The standard InChI is InChI=1S/C8H12N3O3PS2/c1-2-14-4-3-5-17-15(16)7(6-9)8(12)10-11-13/h2-5H2,1H3,(H,10,12,13). The molecule has 1 N–H and O–H groups in total. The summed E-state index contributed by atoms with van der Waals surface area (Å²) in [5.41, 5.74) is 1.67. The molecule has 0 spiro atoms. The molecule has 0 aromatic carbocycles. The summed E-state index contributed by atoms with van der Waals surface area (Å²) < 4.78 is 5.14. The van der Waals surface area contributed by atoms with Gasteiger partial charge in [0.1, 0.15) is 0 Å². The molecule has 0 aliphatic carbocycles. The highest BCUT2D eigenvalue weighted by molar-refractivity contribution is 8.77. The zero-order valence-corrected chi connectivity index (χ0v) is 11.7. The predicted octanol–water partition coefficient (Wildman–Crippen LogP) is 1.50. The number of rotatable bonds is 8. The number of ether oxygens (including phenoxy) is 1. The van der Waals surface area contributed by atoms with Crippen molar-refractivity contribution in [2.75, 3.05) is 19.0 Å². The number of carbonyl (C=O) groups is 1. The van der Waals surface area contributed by atoms with Gasteiger partial charge in [-0.3, -0.25) is 4.79 Å². The van der Waals surface area contributed by atoms with Gasteiger partial charge in [0.2, 0.25) is 0 Å². The molecule has 0 saturated carbocycles. The van der Waals surface area contributed by atoms with Crippen LogP contribution in [0.15, 0.2) is 5.29 Å². The van der Waals surface area contributed by atoms with Crippen molar-refractivity contribution in [1.29, 1.82) is 5.26 Å². The normalized spacial score (nSPS) is 11.4. The van der Waals surface area contributed by atoms with E-state index in [0.29, 0.717) is 19.0 Å². The third-order valence-corrected chi connectivity index (χ3v) is 6.17. The van der Waals surface area contributed by atoms with E-state index in [0.717, 1.165) is 6.42 Å². The van der Waals surface area contributed by atoms with Crippen LogP contribution in [0.25, 0.3) is 0 Å². The Hall–Kier alpha value is -0.610. The summed E-state index contributed by atoms with van der Waals surface area (Å²) in [7, 11) is 0. The monoisotopic (exact) mass is 293 g/mol. The Morgan fingerprint density at radius 1 is 1.71 bits per heavy atom. The molecule has 0 aliphatic rings. The summed E-state index contributed by atoms with van der Waals surface area (Å²) >= 11 is 6.40. The van der Waals surface area contributed by atoms with E-state index >= 15 is 0 Å². The van der Waals surface area contributed by atoms with Gasteiger partial charge in [-0.2, -0.15) is 5.26 Å². The van der Waals surface area contributed by atoms with Crippen molar-refractivity contribution in [3.8, 4) is 6.07 Å². The lowest BCUT2D eigenvalue weighted by atomic mass is 10.4. The molecule has 0 fully saturated rings. The molecule has 17 heavy (non-hydrogen) atoms. The molecular formula is C8H12N3O3PS2. The first-order valence-corrected chi connectivity index (χ1v) is 8.69. The summed E-state index contributed by atoms with van der Waals surface area (Å²) in [6.07, 6.45) is 0.806. The van der Waals surface area contributed by atoms with Crippen LogP contribution >= 0.6 is 17.3 Å². The highest BCUT2D eigenvalue weighted by atomic mass is 33.1.